The van der Waals surface area contributed by atoms with Crippen molar-refractivity contribution in [1.29, 1.82) is 0 Å². The summed E-state index contributed by atoms with van der Waals surface area (Å²) >= 11 is 5.21. The molecule has 28 heavy (non-hydrogen) atoms. The van der Waals surface area contributed by atoms with Crippen molar-refractivity contribution < 1.29 is 14.3 Å². The Labute approximate surface area is 169 Å². The van der Waals surface area contributed by atoms with Crippen LogP contribution in [0.4, 0.5) is 5.69 Å². The van der Waals surface area contributed by atoms with Gasteiger partial charge in [-0.1, -0.05) is 23.8 Å². The summed E-state index contributed by atoms with van der Waals surface area (Å²) in [7, 11) is 0. The molecule has 0 spiro atoms. The van der Waals surface area contributed by atoms with Gasteiger partial charge >= 0.3 is 0 Å². The third-order valence-corrected chi connectivity index (χ3v) is 4.64. The molecule has 3 rings (SSSR count). The second-order valence-electron chi connectivity index (χ2n) is 6.70. The Hall–Kier alpha value is -2.77. The van der Waals surface area contributed by atoms with E-state index in [2.05, 4.69) is 16.0 Å². The fraction of sp³-hybridized carbons (Fsp3) is 0.286. The van der Waals surface area contributed by atoms with Crippen LogP contribution in [0.5, 0.6) is 0 Å². The standard InChI is InChI=1S/C21H23N3O3S/c1-14-7-9-15(10-8-14)20(26)24-21(28)23-17-5-2-4-16(12-17)19(25)22-13-18-6-3-11-27-18/h2,4-5,7-10,12,18H,3,6,11,13H2,1H3,(H,22,25)(H2,23,24,26,28). The topological polar surface area (TPSA) is 79.5 Å². The van der Waals surface area contributed by atoms with Gasteiger partial charge in [0, 0.05) is 30.0 Å². The Morgan fingerprint density at radius 2 is 1.89 bits per heavy atom. The first-order valence-corrected chi connectivity index (χ1v) is 9.61. The van der Waals surface area contributed by atoms with Gasteiger partial charge in [-0.15, -0.1) is 0 Å². The molecule has 1 heterocycles. The van der Waals surface area contributed by atoms with Crippen molar-refractivity contribution in [2.24, 2.45) is 0 Å². The fourth-order valence-electron chi connectivity index (χ4n) is 2.89. The van der Waals surface area contributed by atoms with Crippen LogP contribution in [0.1, 0.15) is 39.1 Å². The van der Waals surface area contributed by atoms with E-state index in [0.717, 1.165) is 25.0 Å². The molecule has 0 aromatic heterocycles. The zero-order chi connectivity index (χ0) is 19.9. The maximum atomic E-state index is 12.3. The third kappa shape index (κ3) is 5.61. The number of ether oxygens (including phenoxy) is 1. The zero-order valence-electron chi connectivity index (χ0n) is 15.7. The Kier molecular flexibility index (Phi) is 6.73. The molecule has 146 valence electrons. The van der Waals surface area contributed by atoms with Crippen LogP contribution >= 0.6 is 12.2 Å². The minimum Gasteiger partial charge on any atom is -0.376 e. The highest BCUT2D eigenvalue weighted by Crippen LogP contribution is 2.13. The van der Waals surface area contributed by atoms with Gasteiger partial charge in [-0.05, 0) is 62.3 Å². The number of aryl methyl sites for hydroxylation is 1. The number of carbonyl (C=O) groups is 2. The SMILES string of the molecule is Cc1ccc(C(=O)NC(=S)Nc2cccc(C(=O)NCC3CCCO3)c2)cc1. The summed E-state index contributed by atoms with van der Waals surface area (Å²) < 4.78 is 5.51. The van der Waals surface area contributed by atoms with Gasteiger partial charge in [0.2, 0.25) is 0 Å². The van der Waals surface area contributed by atoms with E-state index in [-0.39, 0.29) is 23.0 Å². The molecule has 2 aromatic carbocycles. The average Bonchev–Trinajstić information content (AvgIpc) is 3.20. The molecule has 0 bridgehead atoms. The molecule has 0 saturated carbocycles. The second kappa shape index (κ2) is 9.43. The Morgan fingerprint density at radius 3 is 2.61 bits per heavy atom. The van der Waals surface area contributed by atoms with Gasteiger partial charge in [0.05, 0.1) is 6.10 Å². The van der Waals surface area contributed by atoms with Crippen LogP contribution in [-0.4, -0.2) is 36.2 Å². The quantitative estimate of drug-likeness (QED) is 0.676. The summed E-state index contributed by atoms with van der Waals surface area (Å²) in [5, 5.41) is 8.63. The molecule has 0 aliphatic carbocycles. The van der Waals surface area contributed by atoms with Crippen LogP contribution in [0, 0.1) is 6.92 Å². The van der Waals surface area contributed by atoms with Gasteiger partial charge < -0.3 is 15.4 Å². The molecule has 1 saturated heterocycles. The lowest BCUT2D eigenvalue weighted by Gasteiger charge is -2.12. The van der Waals surface area contributed by atoms with Crippen LogP contribution in [-0.2, 0) is 4.74 Å². The molecule has 6 nitrogen and oxygen atoms in total. The van der Waals surface area contributed by atoms with E-state index < -0.39 is 0 Å². The molecule has 1 unspecified atom stereocenters. The summed E-state index contributed by atoms with van der Waals surface area (Å²) in [6.45, 7) is 3.21. The van der Waals surface area contributed by atoms with Crippen molar-refractivity contribution >= 4 is 34.8 Å². The van der Waals surface area contributed by atoms with Crippen LogP contribution < -0.4 is 16.0 Å². The Morgan fingerprint density at radius 1 is 1.11 bits per heavy atom. The van der Waals surface area contributed by atoms with Gasteiger partial charge in [0.1, 0.15) is 0 Å². The van der Waals surface area contributed by atoms with Gasteiger partial charge in [-0.2, -0.15) is 0 Å². The first-order valence-electron chi connectivity index (χ1n) is 9.20. The van der Waals surface area contributed by atoms with E-state index in [1.165, 1.54) is 0 Å². The summed E-state index contributed by atoms with van der Waals surface area (Å²) in [5.74, 6) is -0.461. The van der Waals surface area contributed by atoms with Crippen LogP contribution in [0.3, 0.4) is 0 Å². The lowest BCUT2D eigenvalue weighted by atomic mass is 10.1. The van der Waals surface area contributed by atoms with Crippen molar-refractivity contribution in [2.45, 2.75) is 25.9 Å². The van der Waals surface area contributed by atoms with E-state index in [4.69, 9.17) is 17.0 Å². The number of benzene rings is 2. The molecular weight excluding hydrogens is 374 g/mol. The lowest BCUT2D eigenvalue weighted by Crippen LogP contribution is -2.34. The summed E-state index contributed by atoms with van der Waals surface area (Å²) in [6.07, 6.45) is 2.09. The number of rotatable bonds is 5. The molecule has 2 aromatic rings. The Balaban J connectivity index is 1.54. The predicted octanol–water partition coefficient (Wildman–Crippen LogP) is 3.03. The summed E-state index contributed by atoms with van der Waals surface area (Å²) in [5.41, 5.74) is 2.73. The number of carbonyl (C=O) groups excluding carboxylic acids is 2. The first-order chi connectivity index (χ1) is 13.5. The lowest BCUT2D eigenvalue weighted by molar-refractivity contribution is 0.0857. The van der Waals surface area contributed by atoms with Crippen LogP contribution in [0.25, 0.3) is 0 Å². The largest absolute Gasteiger partial charge is 0.376 e. The first kappa shape index (κ1) is 20.0. The zero-order valence-corrected chi connectivity index (χ0v) is 16.5. The summed E-state index contributed by atoms with van der Waals surface area (Å²) in [4.78, 5) is 24.6. The number of amides is 2. The molecule has 1 aliphatic rings. The minimum absolute atomic E-state index is 0.0924. The van der Waals surface area contributed by atoms with E-state index in [0.29, 0.717) is 23.4 Å². The maximum absolute atomic E-state index is 12.3. The highest BCUT2D eigenvalue weighted by Gasteiger charge is 2.17. The van der Waals surface area contributed by atoms with Gasteiger partial charge in [-0.3, -0.25) is 14.9 Å². The third-order valence-electron chi connectivity index (χ3n) is 4.44. The highest BCUT2D eigenvalue weighted by atomic mass is 32.1. The fourth-order valence-corrected chi connectivity index (χ4v) is 3.11. The van der Waals surface area contributed by atoms with E-state index in [9.17, 15) is 9.59 Å². The summed E-state index contributed by atoms with van der Waals surface area (Å²) in [6, 6.07) is 14.2. The van der Waals surface area contributed by atoms with Crippen molar-refractivity contribution in [3.05, 3.63) is 65.2 Å². The maximum Gasteiger partial charge on any atom is 0.257 e. The van der Waals surface area contributed by atoms with Crippen LogP contribution in [0.15, 0.2) is 48.5 Å². The molecule has 3 N–H and O–H groups in total. The molecule has 2 amide bonds. The van der Waals surface area contributed by atoms with Crippen molar-refractivity contribution in [3.63, 3.8) is 0 Å². The monoisotopic (exact) mass is 397 g/mol. The van der Waals surface area contributed by atoms with Crippen molar-refractivity contribution in [2.75, 3.05) is 18.5 Å². The molecule has 1 aliphatic heterocycles. The van der Waals surface area contributed by atoms with E-state index in [1.807, 2.05) is 19.1 Å². The smallest absolute Gasteiger partial charge is 0.257 e. The Bertz CT molecular complexity index is 861. The van der Waals surface area contributed by atoms with Gasteiger partial charge in [0.15, 0.2) is 5.11 Å². The van der Waals surface area contributed by atoms with Crippen LogP contribution in [0.2, 0.25) is 0 Å². The number of anilines is 1. The number of nitrogens with one attached hydrogen (secondary N) is 3. The number of thiocarbonyl (C=S) groups is 1. The van der Waals surface area contributed by atoms with Crippen molar-refractivity contribution in [1.82, 2.24) is 10.6 Å². The minimum atomic E-state index is -0.289. The van der Waals surface area contributed by atoms with Gasteiger partial charge in [-0.25, -0.2) is 0 Å². The van der Waals surface area contributed by atoms with Gasteiger partial charge in [0.25, 0.3) is 11.8 Å². The molecule has 1 atom stereocenters. The van der Waals surface area contributed by atoms with E-state index >= 15 is 0 Å². The molecular formula is C21H23N3O3S. The molecule has 7 heteroatoms. The highest BCUT2D eigenvalue weighted by molar-refractivity contribution is 7.80. The average molecular weight is 398 g/mol. The molecule has 1 fully saturated rings. The van der Waals surface area contributed by atoms with E-state index in [1.54, 1.807) is 36.4 Å². The number of hydrogen-bond donors (Lipinski definition) is 3. The second-order valence-corrected chi connectivity index (χ2v) is 7.11. The molecule has 0 radical (unpaired) electrons. The van der Waals surface area contributed by atoms with Crippen molar-refractivity contribution in [3.8, 4) is 0 Å². The normalized spacial score (nSPS) is 15.7. The predicted molar refractivity (Wildman–Crippen MR) is 113 cm³/mol. The number of hydrogen-bond acceptors (Lipinski definition) is 4.